The zero-order chi connectivity index (χ0) is 31.6. The minimum atomic E-state index is -0.240. The molecule has 3 heterocycles. The van der Waals surface area contributed by atoms with Gasteiger partial charge in [0.15, 0.2) is 0 Å². The molecule has 4 aromatic carbocycles. The zero-order valence-electron chi connectivity index (χ0n) is 27.2. The number of para-hydroxylation sites is 2. The fraction of sp³-hybridized carbons (Fsp3) is 0.250. The van der Waals surface area contributed by atoms with E-state index in [0.717, 1.165) is 39.7 Å². The molecule has 1 aliphatic rings. The topological polar surface area (TPSA) is 33.3 Å². The quantitative estimate of drug-likeness (QED) is 0.148. The molecule has 6 aromatic rings. The first-order valence-corrected chi connectivity index (χ1v) is 15.6. The van der Waals surface area contributed by atoms with E-state index in [2.05, 4.69) is 166 Å². The third kappa shape index (κ3) is 4.78. The highest BCUT2D eigenvalue weighted by molar-refractivity contribution is 6.09. The summed E-state index contributed by atoms with van der Waals surface area (Å²) in [6.45, 7) is 15.8. The molecule has 0 atom stereocenters. The standard InChI is InChI=1S/C40H40N4O/c1-38(2,3)28-22-23-41-37(24-28)44-35-19-12-11-18-33(35)34-21-20-32(26-36(34)44)45-31-17-13-16-30(25-31)43-27-42(29-14-9-8-10-15-29)39(4,5)40(43,6)7/h8-26H,1-7H3. The Morgan fingerprint density at radius 1 is 0.711 bits per heavy atom. The monoisotopic (exact) mass is 592 g/mol. The van der Waals surface area contributed by atoms with Crippen LogP contribution in [0.25, 0.3) is 27.6 Å². The molecule has 0 fully saturated rings. The number of nitrogens with zero attached hydrogens (tertiary/aromatic N) is 4. The molecule has 0 amide bonds. The molecule has 0 unspecified atom stereocenters. The van der Waals surface area contributed by atoms with Gasteiger partial charge in [0.2, 0.25) is 6.34 Å². The Morgan fingerprint density at radius 3 is 2.20 bits per heavy atom. The smallest absolute Gasteiger partial charge is 0.207 e. The second-order valence-electron chi connectivity index (χ2n) is 14.0. The molecule has 0 bridgehead atoms. The van der Waals surface area contributed by atoms with Crippen LogP contribution in [0.4, 0.5) is 11.4 Å². The Morgan fingerprint density at radius 2 is 1.42 bits per heavy atom. The van der Waals surface area contributed by atoms with Crippen molar-refractivity contribution in [1.29, 1.82) is 0 Å². The minimum absolute atomic E-state index is 0.0157. The predicted octanol–water partition coefficient (Wildman–Crippen LogP) is 9.90. The van der Waals surface area contributed by atoms with Crippen LogP contribution < -0.4 is 9.64 Å². The van der Waals surface area contributed by atoms with Crippen molar-refractivity contribution in [1.82, 2.24) is 9.55 Å². The number of rotatable bonds is 5. The second-order valence-corrected chi connectivity index (χ2v) is 14.0. The van der Waals surface area contributed by atoms with E-state index in [-0.39, 0.29) is 16.5 Å². The molecule has 2 aromatic heterocycles. The van der Waals surface area contributed by atoms with Gasteiger partial charge < -0.3 is 14.2 Å². The lowest BCUT2D eigenvalue weighted by molar-refractivity contribution is -0.520. The van der Waals surface area contributed by atoms with Gasteiger partial charge in [-0.15, -0.1) is 0 Å². The van der Waals surface area contributed by atoms with E-state index in [4.69, 9.17) is 9.72 Å². The van der Waals surface area contributed by atoms with Gasteiger partial charge in [0.1, 0.15) is 28.4 Å². The van der Waals surface area contributed by atoms with Crippen LogP contribution in [0.5, 0.6) is 11.5 Å². The fourth-order valence-electron chi connectivity index (χ4n) is 6.33. The molecule has 5 heteroatoms. The number of hydrogen-bond donors (Lipinski definition) is 0. The number of anilines is 1. The van der Waals surface area contributed by atoms with Crippen LogP contribution in [0.3, 0.4) is 0 Å². The van der Waals surface area contributed by atoms with Crippen molar-refractivity contribution < 1.29 is 9.31 Å². The first kappa shape index (κ1) is 28.8. The Labute approximate surface area is 266 Å². The summed E-state index contributed by atoms with van der Waals surface area (Å²) in [5, 5.41) is 2.36. The van der Waals surface area contributed by atoms with Crippen molar-refractivity contribution >= 4 is 39.5 Å². The number of hydrogen-bond acceptors (Lipinski definition) is 3. The summed E-state index contributed by atoms with van der Waals surface area (Å²) >= 11 is 0. The van der Waals surface area contributed by atoms with Crippen LogP contribution in [0.15, 0.2) is 115 Å². The van der Waals surface area contributed by atoms with Crippen LogP contribution in [0.2, 0.25) is 0 Å². The van der Waals surface area contributed by atoms with E-state index < -0.39 is 0 Å². The molecule has 0 spiro atoms. The summed E-state index contributed by atoms with van der Waals surface area (Å²) in [6, 6.07) is 37.9. The van der Waals surface area contributed by atoms with Gasteiger partial charge in [-0.3, -0.25) is 4.57 Å². The summed E-state index contributed by atoms with van der Waals surface area (Å²) in [5.74, 6) is 2.45. The van der Waals surface area contributed by atoms with Gasteiger partial charge in [0.05, 0.1) is 11.0 Å². The second kappa shape index (κ2) is 10.3. The van der Waals surface area contributed by atoms with E-state index >= 15 is 0 Å². The summed E-state index contributed by atoms with van der Waals surface area (Å²) in [4.78, 5) is 7.06. The fourth-order valence-corrected chi connectivity index (χ4v) is 6.33. The van der Waals surface area contributed by atoms with Crippen LogP contribution in [0.1, 0.15) is 54.0 Å². The predicted molar refractivity (Wildman–Crippen MR) is 186 cm³/mol. The molecular formula is C40H40N4O. The lowest BCUT2D eigenvalue weighted by atomic mass is 9.81. The molecule has 5 nitrogen and oxygen atoms in total. The van der Waals surface area contributed by atoms with Gasteiger partial charge in [-0.25, -0.2) is 4.98 Å². The molecule has 0 saturated carbocycles. The number of aromatic nitrogens is 2. The number of pyridine rings is 1. The molecule has 1 aliphatic heterocycles. The lowest BCUT2D eigenvalue weighted by Gasteiger charge is -2.40. The van der Waals surface area contributed by atoms with Gasteiger partial charge in [-0.1, -0.05) is 81.4 Å². The highest BCUT2D eigenvalue weighted by Crippen LogP contribution is 2.42. The van der Waals surface area contributed by atoms with Crippen molar-refractivity contribution in [2.24, 2.45) is 0 Å². The molecule has 0 N–H and O–H groups in total. The van der Waals surface area contributed by atoms with E-state index in [1.807, 2.05) is 18.3 Å². The van der Waals surface area contributed by atoms with Crippen molar-refractivity contribution in [3.8, 4) is 17.3 Å². The van der Waals surface area contributed by atoms with E-state index in [0.29, 0.717) is 0 Å². The van der Waals surface area contributed by atoms with Crippen molar-refractivity contribution in [2.45, 2.75) is 65.0 Å². The zero-order valence-corrected chi connectivity index (χ0v) is 27.2. The highest BCUT2D eigenvalue weighted by atomic mass is 16.5. The minimum Gasteiger partial charge on any atom is -0.458 e. The van der Waals surface area contributed by atoms with E-state index in [9.17, 15) is 0 Å². The lowest BCUT2D eigenvalue weighted by Crippen LogP contribution is -2.54. The normalized spacial score (nSPS) is 15.9. The van der Waals surface area contributed by atoms with E-state index in [1.54, 1.807) is 0 Å². The van der Waals surface area contributed by atoms with Crippen molar-refractivity contribution in [3.63, 3.8) is 0 Å². The van der Waals surface area contributed by atoms with Gasteiger partial charge in [0, 0.05) is 34.4 Å². The molecule has 226 valence electrons. The average Bonchev–Trinajstić information content (AvgIpc) is 3.44. The Balaban J connectivity index is 1.28. The molecule has 7 rings (SSSR count). The maximum atomic E-state index is 6.58. The highest BCUT2D eigenvalue weighted by Gasteiger charge is 2.52. The van der Waals surface area contributed by atoms with Gasteiger partial charge >= 0.3 is 0 Å². The van der Waals surface area contributed by atoms with E-state index in [1.165, 1.54) is 16.3 Å². The average molecular weight is 593 g/mol. The summed E-state index contributed by atoms with van der Waals surface area (Å²) in [5.41, 5.74) is 5.15. The third-order valence-electron chi connectivity index (χ3n) is 9.63. The van der Waals surface area contributed by atoms with Crippen LogP contribution in [-0.4, -0.2) is 31.5 Å². The van der Waals surface area contributed by atoms with Crippen LogP contribution in [-0.2, 0) is 5.41 Å². The van der Waals surface area contributed by atoms with Crippen LogP contribution in [0, 0.1) is 0 Å². The van der Waals surface area contributed by atoms with Crippen LogP contribution >= 0.6 is 0 Å². The largest absolute Gasteiger partial charge is 0.458 e. The van der Waals surface area contributed by atoms with Gasteiger partial charge in [-0.2, -0.15) is 0 Å². The first-order chi connectivity index (χ1) is 21.4. The number of ether oxygens (including phenoxy) is 1. The molecular weight excluding hydrogens is 552 g/mol. The Bertz CT molecular complexity index is 2080. The molecule has 0 saturated heterocycles. The first-order valence-electron chi connectivity index (χ1n) is 15.6. The summed E-state index contributed by atoms with van der Waals surface area (Å²) in [6.07, 6.45) is 5.59. The molecule has 0 radical (unpaired) electrons. The summed E-state index contributed by atoms with van der Waals surface area (Å²) < 4.78 is 11.1. The maximum absolute atomic E-state index is 6.58. The summed E-state index contributed by atoms with van der Waals surface area (Å²) in [7, 11) is 0. The maximum Gasteiger partial charge on any atom is 0.207 e. The molecule has 0 aliphatic carbocycles. The van der Waals surface area contributed by atoms with Gasteiger partial charge in [0.25, 0.3) is 0 Å². The third-order valence-corrected chi connectivity index (χ3v) is 9.63. The SMILES string of the molecule is CC(C)(C)c1ccnc(-n2c3ccccc3c3ccc(Oc4cccc(N5[C-]=[N+](c6ccccc6)C(C)(C)C5(C)C)c4)cc32)c1. The number of benzene rings is 4. The van der Waals surface area contributed by atoms with Crippen molar-refractivity contribution in [2.75, 3.05) is 4.90 Å². The Hall–Kier alpha value is -4.90. The Kier molecular flexibility index (Phi) is 6.63. The number of fused-ring (bicyclic) bond motifs is 3. The van der Waals surface area contributed by atoms with Gasteiger partial charge in [-0.05, 0) is 81.1 Å². The van der Waals surface area contributed by atoms with Crippen molar-refractivity contribution in [3.05, 3.63) is 121 Å². The molecule has 45 heavy (non-hydrogen) atoms.